The largest absolute Gasteiger partial charge is 0.399 e. The minimum atomic E-state index is 0.713. The molecule has 1 saturated carbocycles. The number of anilines is 1. The molecule has 0 atom stereocenters. The van der Waals surface area contributed by atoms with Gasteiger partial charge in [-0.1, -0.05) is 31.4 Å². The Morgan fingerprint density at radius 2 is 1.84 bits per heavy atom. The smallest absolute Gasteiger partial charge is 0.0972 e. The van der Waals surface area contributed by atoms with E-state index in [1.54, 1.807) is 11.3 Å². The molecule has 2 nitrogen and oxygen atoms in total. The number of nitrogens with two attached hydrogens (primary N) is 1. The van der Waals surface area contributed by atoms with Gasteiger partial charge in [-0.15, -0.1) is 11.3 Å². The van der Waals surface area contributed by atoms with Gasteiger partial charge in [-0.05, 0) is 30.5 Å². The van der Waals surface area contributed by atoms with E-state index in [1.807, 2.05) is 12.1 Å². The first-order valence-corrected chi connectivity index (χ1v) is 7.98. The van der Waals surface area contributed by atoms with Crippen molar-refractivity contribution in [3.63, 3.8) is 0 Å². The quantitative estimate of drug-likeness (QED) is 0.843. The van der Waals surface area contributed by atoms with Crippen LogP contribution in [0.5, 0.6) is 0 Å². The lowest BCUT2D eigenvalue weighted by molar-refractivity contribution is 0.437. The SMILES string of the molecule is Nc1ccc(Cc2nc(C3CCCCC3)cs2)cc1. The van der Waals surface area contributed by atoms with Gasteiger partial charge in [-0.25, -0.2) is 4.98 Å². The van der Waals surface area contributed by atoms with Gasteiger partial charge >= 0.3 is 0 Å². The summed E-state index contributed by atoms with van der Waals surface area (Å²) in [7, 11) is 0. The molecule has 0 bridgehead atoms. The molecule has 1 aliphatic rings. The predicted octanol–water partition coefficient (Wildman–Crippen LogP) is 4.36. The van der Waals surface area contributed by atoms with Crippen LogP contribution in [0.2, 0.25) is 0 Å². The number of thiazole rings is 1. The van der Waals surface area contributed by atoms with E-state index in [0.717, 1.165) is 12.1 Å². The number of benzene rings is 1. The lowest BCUT2D eigenvalue weighted by Crippen LogP contribution is -2.04. The molecule has 2 N–H and O–H groups in total. The van der Waals surface area contributed by atoms with E-state index >= 15 is 0 Å². The molecule has 2 aromatic rings. The van der Waals surface area contributed by atoms with Crippen LogP contribution < -0.4 is 5.73 Å². The number of nitrogens with zero attached hydrogens (tertiary/aromatic N) is 1. The minimum Gasteiger partial charge on any atom is -0.399 e. The van der Waals surface area contributed by atoms with Crippen LogP contribution in [0, 0.1) is 0 Å². The molecule has 3 rings (SSSR count). The van der Waals surface area contributed by atoms with Crippen molar-refractivity contribution in [1.82, 2.24) is 4.98 Å². The summed E-state index contributed by atoms with van der Waals surface area (Å²) in [5.41, 5.74) is 9.15. The van der Waals surface area contributed by atoms with Gasteiger partial charge in [0.15, 0.2) is 0 Å². The Bertz CT molecular complexity index is 524. The fraction of sp³-hybridized carbons (Fsp3) is 0.438. The third-order valence-corrected chi connectivity index (χ3v) is 4.80. The van der Waals surface area contributed by atoms with Crippen molar-refractivity contribution in [3.8, 4) is 0 Å². The third kappa shape index (κ3) is 3.16. The Morgan fingerprint density at radius 1 is 1.11 bits per heavy atom. The second kappa shape index (κ2) is 5.74. The summed E-state index contributed by atoms with van der Waals surface area (Å²) in [4.78, 5) is 4.84. The van der Waals surface area contributed by atoms with Crippen LogP contribution in [-0.4, -0.2) is 4.98 Å². The topological polar surface area (TPSA) is 38.9 Å². The van der Waals surface area contributed by atoms with Crippen molar-refractivity contribution in [2.75, 3.05) is 5.73 Å². The van der Waals surface area contributed by atoms with Crippen LogP contribution in [-0.2, 0) is 6.42 Å². The highest BCUT2D eigenvalue weighted by atomic mass is 32.1. The number of nitrogen functional groups attached to an aromatic ring is 1. The van der Waals surface area contributed by atoms with E-state index in [-0.39, 0.29) is 0 Å². The summed E-state index contributed by atoms with van der Waals surface area (Å²) in [5, 5.41) is 3.49. The highest BCUT2D eigenvalue weighted by Gasteiger charge is 2.18. The standard InChI is InChI=1S/C16H20N2S/c17-14-8-6-12(7-9-14)10-16-18-15(11-19-16)13-4-2-1-3-5-13/h6-9,11,13H,1-5,10,17H2. The van der Waals surface area contributed by atoms with Crippen molar-refractivity contribution in [1.29, 1.82) is 0 Å². The zero-order valence-corrected chi connectivity index (χ0v) is 12.0. The van der Waals surface area contributed by atoms with Gasteiger partial charge in [0.2, 0.25) is 0 Å². The van der Waals surface area contributed by atoms with Gasteiger partial charge < -0.3 is 5.73 Å². The molecule has 0 radical (unpaired) electrons. The Kier molecular flexibility index (Phi) is 3.83. The van der Waals surface area contributed by atoms with Crippen LogP contribution in [0.25, 0.3) is 0 Å². The molecule has 1 heterocycles. The molecule has 0 aliphatic heterocycles. The van der Waals surface area contributed by atoms with Crippen LogP contribution in [0.1, 0.15) is 54.3 Å². The molecule has 19 heavy (non-hydrogen) atoms. The molecule has 0 saturated heterocycles. The maximum absolute atomic E-state index is 5.71. The van der Waals surface area contributed by atoms with E-state index < -0.39 is 0 Å². The van der Waals surface area contributed by atoms with E-state index in [4.69, 9.17) is 10.7 Å². The third-order valence-electron chi connectivity index (χ3n) is 3.93. The number of rotatable bonds is 3. The van der Waals surface area contributed by atoms with Gasteiger partial charge in [-0.3, -0.25) is 0 Å². The lowest BCUT2D eigenvalue weighted by atomic mass is 9.87. The lowest BCUT2D eigenvalue weighted by Gasteiger charge is -2.19. The van der Waals surface area contributed by atoms with Crippen molar-refractivity contribution in [2.24, 2.45) is 0 Å². The zero-order valence-electron chi connectivity index (χ0n) is 11.1. The maximum atomic E-state index is 5.71. The van der Waals surface area contributed by atoms with E-state index in [2.05, 4.69) is 17.5 Å². The maximum Gasteiger partial charge on any atom is 0.0972 e. The highest BCUT2D eigenvalue weighted by molar-refractivity contribution is 7.09. The summed E-state index contributed by atoms with van der Waals surface area (Å²) in [6.45, 7) is 0. The number of aromatic nitrogens is 1. The molecule has 1 aromatic carbocycles. The van der Waals surface area contributed by atoms with Gasteiger partial charge in [0, 0.05) is 23.4 Å². The van der Waals surface area contributed by atoms with Gasteiger partial charge in [-0.2, -0.15) is 0 Å². The summed E-state index contributed by atoms with van der Waals surface area (Å²) in [5.74, 6) is 0.713. The zero-order chi connectivity index (χ0) is 13.1. The van der Waals surface area contributed by atoms with Crippen molar-refractivity contribution < 1.29 is 0 Å². The normalized spacial score (nSPS) is 16.6. The van der Waals surface area contributed by atoms with Gasteiger partial charge in [0.05, 0.1) is 10.7 Å². The van der Waals surface area contributed by atoms with Crippen LogP contribution in [0.15, 0.2) is 29.6 Å². The van der Waals surface area contributed by atoms with Crippen molar-refractivity contribution in [3.05, 3.63) is 45.9 Å². The van der Waals surface area contributed by atoms with Crippen LogP contribution in [0.3, 0.4) is 0 Å². The molecule has 0 unspecified atom stereocenters. The van der Waals surface area contributed by atoms with Crippen LogP contribution >= 0.6 is 11.3 Å². The fourth-order valence-corrected chi connectivity index (χ4v) is 3.71. The summed E-state index contributed by atoms with van der Waals surface area (Å²) >= 11 is 1.80. The molecule has 100 valence electrons. The molecular formula is C16H20N2S. The predicted molar refractivity (Wildman–Crippen MR) is 81.6 cm³/mol. The van der Waals surface area contributed by atoms with E-state index in [1.165, 1.54) is 48.4 Å². The molecule has 1 fully saturated rings. The van der Waals surface area contributed by atoms with Gasteiger partial charge in [0.25, 0.3) is 0 Å². The Morgan fingerprint density at radius 3 is 2.58 bits per heavy atom. The summed E-state index contributed by atoms with van der Waals surface area (Å²) in [6, 6.07) is 8.12. The molecule has 1 aromatic heterocycles. The summed E-state index contributed by atoms with van der Waals surface area (Å²) in [6.07, 6.45) is 7.72. The second-order valence-corrected chi connectivity index (χ2v) is 6.36. The molecule has 3 heteroatoms. The average molecular weight is 272 g/mol. The first kappa shape index (κ1) is 12.7. The van der Waals surface area contributed by atoms with Gasteiger partial charge in [0.1, 0.15) is 0 Å². The first-order chi connectivity index (χ1) is 9.31. The monoisotopic (exact) mass is 272 g/mol. The molecule has 0 amide bonds. The first-order valence-electron chi connectivity index (χ1n) is 7.10. The fourth-order valence-electron chi connectivity index (χ4n) is 2.80. The van der Waals surface area contributed by atoms with Crippen LogP contribution in [0.4, 0.5) is 5.69 Å². The van der Waals surface area contributed by atoms with Crippen molar-refractivity contribution >= 4 is 17.0 Å². The number of hydrogen-bond acceptors (Lipinski definition) is 3. The van der Waals surface area contributed by atoms with E-state index in [0.29, 0.717) is 5.92 Å². The average Bonchev–Trinajstić information content (AvgIpc) is 2.91. The second-order valence-electron chi connectivity index (χ2n) is 5.42. The molecule has 0 spiro atoms. The molecular weight excluding hydrogens is 252 g/mol. The Labute approximate surface area is 118 Å². The Hall–Kier alpha value is -1.35. The van der Waals surface area contributed by atoms with E-state index in [9.17, 15) is 0 Å². The highest BCUT2D eigenvalue weighted by Crippen LogP contribution is 2.33. The molecule has 1 aliphatic carbocycles. The number of hydrogen-bond donors (Lipinski definition) is 1. The Balaban J connectivity index is 1.68. The summed E-state index contributed by atoms with van der Waals surface area (Å²) < 4.78 is 0. The minimum absolute atomic E-state index is 0.713. The van der Waals surface area contributed by atoms with Crippen molar-refractivity contribution in [2.45, 2.75) is 44.4 Å².